The first kappa shape index (κ1) is 21.1. The Kier molecular flexibility index (Phi) is 5.34. The van der Waals surface area contributed by atoms with Crippen LogP contribution in [0.1, 0.15) is 25.0 Å². The second-order valence-corrected chi connectivity index (χ2v) is 7.66. The van der Waals surface area contributed by atoms with E-state index in [1.165, 1.54) is 43.0 Å². The van der Waals surface area contributed by atoms with Gasteiger partial charge >= 0.3 is 6.18 Å². The Bertz CT molecular complexity index is 958. The Morgan fingerprint density at radius 3 is 2.24 bits per heavy atom. The van der Waals surface area contributed by atoms with E-state index in [0.29, 0.717) is 5.56 Å². The highest BCUT2D eigenvalue weighted by atomic mass is 35.5. The summed E-state index contributed by atoms with van der Waals surface area (Å²) in [6.07, 6.45) is -4.46. The van der Waals surface area contributed by atoms with Gasteiger partial charge in [-0.15, -0.1) is 0 Å². The average Bonchev–Trinajstić information content (AvgIpc) is 2.62. The highest BCUT2D eigenvalue weighted by molar-refractivity contribution is 6.30. The largest absolute Gasteiger partial charge is 0.416 e. The zero-order valence-electron chi connectivity index (χ0n) is 15.6. The lowest BCUT2D eigenvalue weighted by Crippen LogP contribution is -2.65. The molecule has 0 spiro atoms. The Morgan fingerprint density at radius 2 is 1.69 bits per heavy atom. The lowest BCUT2D eigenvalue weighted by Gasteiger charge is -2.45. The fourth-order valence-corrected chi connectivity index (χ4v) is 3.37. The normalized spacial score (nSPS) is 17.1. The van der Waals surface area contributed by atoms with Crippen molar-refractivity contribution in [3.63, 3.8) is 0 Å². The molecule has 0 bridgehead atoms. The first-order valence-corrected chi connectivity index (χ1v) is 9.02. The van der Waals surface area contributed by atoms with Crippen LogP contribution in [0, 0.1) is 5.82 Å². The van der Waals surface area contributed by atoms with Gasteiger partial charge in [0.2, 0.25) is 5.91 Å². The monoisotopic (exact) mass is 428 g/mol. The summed E-state index contributed by atoms with van der Waals surface area (Å²) in [5.74, 6) is -1.69. The minimum Gasteiger partial charge on any atom is -0.323 e. The first-order chi connectivity index (χ1) is 13.4. The number of anilines is 1. The zero-order chi connectivity index (χ0) is 21.6. The number of alkyl halides is 3. The lowest BCUT2D eigenvalue weighted by molar-refractivity contribution is -0.149. The molecule has 0 radical (unpaired) electrons. The molecule has 154 valence electrons. The van der Waals surface area contributed by atoms with Crippen LogP contribution in [0.4, 0.5) is 23.2 Å². The summed E-state index contributed by atoms with van der Waals surface area (Å²) in [6, 6.07) is 8.17. The SMILES string of the molecule is CC1(C)C(=O)N(c2ccc(Cl)cc2F)CC(=O)N1Cc1ccc(C(F)(F)F)cc1. The summed E-state index contributed by atoms with van der Waals surface area (Å²) >= 11 is 5.74. The number of nitrogens with zero attached hydrogens (tertiary/aromatic N) is 2. The second-order valence-electron chi connectivity index (χ2n) is 7.22. The van der Waals surface area contributed by atoms with E-state index in [1.807, 2.05) is 0 Å². The summed E-state index contributed by atoms with van der Waals surface area (Å²) in [5, 5.41) is 0.158. The van der Waals surface area contributed by atoms with E-state index in [0.717, 1.165) is 23.1 Å². The summed E-state index contributed by atoms with van der Waals surface area (Å²) in [6.45, 7) is 2.59. The number of benzene rings is 2. The number of halogens is 5. The molecule has 9 heteroatoms. The van der Waals surface area contributed by atoms with Crippen molar-refractivity contribution in [3.8, 4) is 0 Å². The molecular weight excluding hydrogens is 412 g/mol. The predicted octanol–water partition coefficient (Wildman–Crippen LogP) is 4.65. The standard InChI is InChI=1S/C20H17ClF4N2O2/c1-19(2)18(29)26(16-8-7-14(21)9-15(16)22)11-17(28)27(19)10-12-3-5-13(6-4-12)20(23,24)25/h3-9H,10-11H2,1-2H3. The van der Waals surface area contributed by atoms with Crippen LogP contribution < -0.4 is 4.90 Å². The summed E-state index contributed by atoms with van der Waals surface area (Å²) in [7, 11) is 0. The summed E-state index contributed by atoms with van der Waals surface area (Å²) in [4.78, 5) is 28.1. The molecule has 0 aliphatic carbocycles. The molecule has 1 aliphatic heterocycles. The number of hydrogen-bond acceptors (Lipinski definition) is 2. The van der Waals surface area contributed by atoms with Crippen molar-refractivity contribution in [2.75, 3.05) is 11.4 Å². The Balaban J connectivity index is 1.86. The van der Waals surface area contributed by atoms with E-state index in [2.05, 4.69) is 0 Å². The molecule has 3 rings (SSSR count). The van der Waals surface area contributed by atoms with Crippen molar-refractivity contribution in [1.29, 1.82) is 0 Å². The molecule has 1 saturated heterocycles. The van der Waals surface area contributed by atoms with Crippen molar-refractivity contribution in [2.24, 2.45) is 0 Å². The smallest absolute Gasteiger partial charge is 0.323 e. The van der Waals surface area contributed by atoms with E-state index < -0.39 is 34.9 Å². The fraction of sp³-hybridized carbons (Fsp3) is 0.300. The van der Waals surface area contributed by atoms with E-state index in [1.54, 1.807) is 0 Å². The van der Waals surface area contributed by atoms with Crippen LogP contribution in [0.3, 0.4) is 0 Å². The molecule has 0 aromatic heterocycles. The Morgan fingerprint density at radius 1 is 1.07 bits per heavy atom. The maximum Gasteiger partial charge on any atom is 0.416 e. The number of hydrogen-bond donors (Lipinski definition) is 0. The summed E-state index contributed by atoms with van der Waals surface area (Å²) < 4.78 is 52.4. The van der Waals surface area contributed by atoms with Gasteiger partial charge in [0, 0.05) is 11.6 Å². The topological polar surface area (TPSA) is 40.6 Å². The van der Waals surface area contributed by atoms with Crippen molar-refractivity contribution in [3.05, 3.63) is 64.4 Å². The van der Waals surface area contributed by atoms with E-state index in [-0.39, 0.29) is 23.8 Å². The molecule has 0 unspecified atom stereocenters. The second kappa shape index (κ2) is 7.33. The van der Waals surface area contributed by atoms with Gasteiger partial charge in [0.25, 0.3) is 5.91 Å². The van der Waals surface area contributed by atoms with Crippen molar-refractivity contribution in [2.45, 2.75) is 32.1 Å². The lowest BCUT2D eigenvalue weighted by atomic mass is 9.95. The van der Waals surface area contributed by atoms with Gasteiger partial charge in [-0.25, -0.2) is 4.39 Å². The molecule has 29 heavy (non-hydrogen) atoms. The zero-order valence-corrected chi connectivity index (χ0v) is 16.3. The van der Waals surface area contributed by atoms with Gasteiger partial charge in [-0.2, -0.15) is 13.2 Å². The van der Waals surface area contributed by atoms with E-state index >= 15 is 0 Å². The van der Waals surface area contributed by atoms with Gasteiger partial charge in [-0.3, -0.25) is 14.5 Å². The third-order valence-electron chi connectivity index (χ3n) is 4.86. The fourth-order valence-electron chi connectivity index (χ4n) is 3.21. The van der Waals surface area contributed by atoms with Gasteiger partial charge in [0.05, 0.1) is 11.3 Å². The molecule has 1 heterocycles. The van der Waals surface area contributed by atoms with Gasteiger partial charge in [0.15, 0.2) is 0 Å². The molecule has 4 nitrogen and oxygen atoms in total. The highest BCUT2D eigenvalue weighted by Crippen LogP contribution is 2.33. The summed E-state index contributed by atoms with van der Waals surface area (Å²) in [5.41, 5.74) is -1.75. The van der Waals surface area contributed by atoms with Gasteiger partial charge < -0.3 is 4.90 Å². The number of amides is 2. The Labute approximate surface area is 169 Å². The maximum absolute atomic E-state index is 14.3. The van der Waals surface area contributed by atoms with Crippen molar-refractivity contribution >= 4 is 29.1 Å². The maximum atomic E-state index is 14.3. The molecule has 2 aromatic carbocycles. The van der Waals surface area contributed by atoms with Crippen LogP contribution in [-0.2, 0) is 22.3 Å². The van der Waals surface area contributed by atoms with Gasteiger partial charge in [-0.1, -0.05) is 23.7 Å². The number of piperazine rings is 1. The first-order valence-electron chi connectivity index (χ1n) is 8.65. The number of carbonyl (C=O) groups excluding carboxylic acids is 2. The molecular formula is C20H17ClF4N2O2. The van der Waals surface area contributed by atoms with Crippen LogP contribution in [0.5, 0.6) is 0 Å². The van der Waals surface area contributed by atoms with Gasteiger partial charge in [-0.05, 0) is 49.7 Å². The van der Waals surface area contributed by atoms with Gasteiger partial charge in [0.1, 0.15) is 17.9 Å². The molecule has 0 N–H and O–H groups in total. The Hall–Kier alpha value is -2.61. The molecule has 2 amide bonds. The van der Waals surface area contributed by atoms with Crippen LogP contribution in [0.15, 0.2) is 42.5 Å². The van der Waals surface area contributed by atoms with Crippen LogP contribution >= 0.6 is 11.6 Å². The molecule has 1 fully saturated rings. The van der Waals surface area contributed by atoms with Crippen molar-refractivity contribution < 1.29 is 27.2 Å². The van der Waals surface area contributed by atoms with E-state index in [4.69, 9.17) is 11.6 Å². The molecule has 2 aromatic rings. The molecule has 0 saturated carbocycles. The van der Waals surface area contributed by atoms with Crippen LogP contribution in [-0.4, -0.2) is 28.8 Å². The minimum absolute atomic E-state index is 0.0490. The molecule has 0 atom stereocenters. The number of carbonyl (C=O) groups is 2. The van der Waals surface area contributed by atoms with Crippen molar-refractivity contribution in [1.82, 2.24) is 4.90 Å². The van der Waals surface area contributed by atoms with Crippen LogP contribution in [0.25, 0.3) is 0 Å². The quantitative estimate of drug-likeness (QED) is 0.668. The third kappa shape index (κ3) is 4.07. The average molecular weight is 429 g/mol. The highest BCUT2D eigenvalue weighted by Gasteiger charge is 2.46. The van der Waals surface area contributed by atoms with E-state index in [9.17, 15) is 27.2 Å². The van der Waals surface area contributed by atoms with Crippen LogP contribution in [0.2, 0.25) is 5.02 Å². The minimum atomic E-state index is -4.46. The molecule has 1 aliphatic rings. The number of rotatable bonds is 3. The third-order valence-corrected chi connectivity index (χ3v) is 5.10. The predicted molar refractivity (Wildman–Crippen MR) is 99.8 cm³/mol.